The van der Waals surface area contributed by atoms with Gasteiger partial charge in [-0.1, -0.05) is 35.9 Å². The highest BCUT2D eigenvalue weighted by Gasteiger charge is 2.19. The molecule has 0 amide bonds. The van der Waals surface area contributed by atoms with Crippen molar-refractivity contribution in [2.24, 2.45) is 5.10 Å². The molecule has 9 nitrogen and oxygen atoms in total. The van der Waals surface area contributed by atoms with Gasteiger partial charge in [-0.2, -0.15) is 5.10 Å². The number of ether oxygens (including phenoxy) is 1. The fourth-order valence-electron chi connectivity index (χ4n) is 2.49. The standard InChI is InChI=1S/C20H15ClN4O5/c21-16-6-4-14(5-7-16)13-30-18-3-1-2-15(10-18)12-22-23-19-9-8-17(24(26)27)11-20(19)25(28)29/h1-12,23H,13H2/b22-12-. The fraction of sp³-hybridized carbons (Fsp3) is 0.0500. The van der Waals surface area contributed by atoms with Gasteiger partial charge in [0, 0.05) is 11.1 Å². The predicted molar refractivity (Wildman–Crippen MR) is 113 cm³/mol. The largest absolute Gasteiger partial charge is 0.489 e. The summed E-state index contributed by atoms with van der Waals surface area (Å²) in [4.78, 5) is 20.5. The lowest BCUT2D eigenvalue weighted by molar-refractivity contribution is -0.393. The van der Waals surface area contributed by atoms with Crippen molar-refractivity contribution in [3.63, 3.8) is 0 Å². The number of nitro benzene ring substituents is 2. The second kappa shape index (κ2) is 9.48. The van der Waals surface area contributed by atoms with E-state index in [1.54, 1.807) is 36.4 Å². The van der Waals surface area contributed by atoms with Crippen molar-refractivity contribution >= 4 is 34.9 Å². The molecule has 0 spiro atoms. The third-order valence-electron chi connectivity index (χ3n) is 3.96. The molecule has 3 aromatic rings. The van der Waals surface area contributed by atoms with Gasteiger partial charge in [0.05, 0.1) is 22.1 Å². The van der Waals surface area contributed by atoms with Crippen molar-refractivity contribution in [1.29, 1.82) is 0 Å². The summed E-state index contributed by atoms with van der Waals surface area (Å²) in [5, 5.41) is 26.6. The molecule has 0 aliphatic heterocycles. The maximum absolute atomic E-state index is 11.1. The van der Waals surface area contributed by atoms with E-state index in [4.69, 9.17) is 16.3 Å². The zero-order chi connectivity index (χ0) is 21.5. The van der Waals surface area contributed by atoms with Gasteiger partial charge in [0.2, 0.25) is 0 Å². The third kappa shape index (κ3) is 5.52. The van der Waals surface area contributed by atoms with Crippen LogP contribution in [0.5, 0.6) is 5.75 Å². The van der Waals surface area contributed by atoms with Crippen molar-refractivity contribution in [1.82, 2.24) is 0 Å². The summed E-state index contributed by atoms with van der Waals surface area (Å²) in [6, 6.07) is 17.7. The van der Waals surface area contributed by atoms with Gasteiger partial charge in [-0.05, 0) is 41.5 Å². The van der Waals surface area contributed by atoms with Crippen LogP contribution in [0.25, 0.3) is 0 Å². The highest BCUT2D eigenvalue weighted by molar-refractivity contribution is 6.30. The lowest BCUT2D eigenvalue weighted by atomic mass is 10.2. The Hall–Kier alpha value is -3.98. The van der Waals surface area contributed by atoms with Crippen LogP contribution in [0.2, 0.25) is 5.02 Å². The molecule has 0 aliphatic carbocycles. The molecule has 0 saturated carbocycles. The van der Waals surface area contributed by atoms with Gasteiger partial charge in [-0.25, -0.2) is 0 Å². The van der Waals surface area contributed by atoms with Crippen LogP contribution in [0.4, 0.5) is 17.1 Å². The number of non-ortho nitro benzene ring substituents is 1. The molecule has 0 radical (unpaired) electrons. The second-order valence-corrected chi connectivity index (χ2v) is 6.51. The minimum atomic E-state index is -0.712. The summed E-state index contributed by atoms with van der Waals surface area (Å²) >= 11 is 5.86. The Kier molecular flexibility index (Phi) is 6.56. The molecule has 0 heterocycles. The molecule has 1 N–H and O–H groups in total. The molecule has 0 aliphatic rings. The SMILES string of the molecule is O=[N+]([O-])c1ccc(N/N=C\c2cccc(OCc3ccc(Cl)cc3)c2)c([N+](=O)[O-])c1. The molecule has 0 saturated heterocycles. The van der Waals surface area contributed by atoms with Crippen LogP contribution >= 0.6 is 11.6 Å². The number of hydrazone groups is 1. The van der Waals surface area contributed by atoms with Gasteiger partial charge in [0.25, 0.3) is 5.69 Å². The van der Waals surface area contributed by atoms with E-state index in [-0.39, 0.29) is 11.4 Å². The normalized spacial score (nSPS) is 10.7. The zero-order valence-electron chi connectivity index (χ0n) is 15.4. The van der Waals surface area contributed by atoms with E-state index in [2.05, 4.69) is 10.5 Å². The minimum absolute atomic E-state index is 0.0389. The second-order valence-electron chi connectivity index (χ2n) is 6.07. The van der Waals surface area contributed by atoms with Gasteiger partial charge in [-0.3, -0.25) is 25.7 Å². The van der Waals surface area contributed by atoms with Crippen molar-refractivity contribution in [2.45, 2.75) is 6.61 Å². The van der Waals surface area contributed by atoms with E-state index >= 15 is 0 Å². The third-order valence-corrected chi connectivity index (χ3v) is 4.22. The smallest absolute Gasteiger partial charge is 0.301 e. The van der Waals surface area contributed by atoms with Gasteiger partial charge in [-0.15, -0.1) is 0 Å². The van der Waals surface area contributed by atoms with Crippen molar-refractivity contribution in [3.05, 3.63) is 103 Å². The summed E-state index contributed by atoms with van der Waals surface area (Å²) in [6.07, 6.45) is 1.46. The Bertz CT molecular complexity index is 1100. The Labute approximate surface area is 175 Å². The Morgan fingerprint density at radius 2 is 1.77 bits per heavy atom. The lowest BCUT2D eigenvalue weighted by Gasteiger charge is -2.07. The molecule has 0 fully saturated rings. The first kappa shape index (κ1) is 20.7. The number of rotatable bonds is 8. The molecule has 0 unspecified atom stereocenters. The predicted octanol–water partition coefficient (Wildman–Crippen LogP) is 5.18. The number of hydrogen-bond donors (Lipinski definition) is 1. The maximum atomic E-state index is 11.1. The average Bonchev–Trinajstić information content (AvgIpc) is 2.73. The Balaban J connectivity index is 1.66. The molecule has 0 atom stereocenters. The molecule has 3 aromatic carbocycles. The summed E-state index contributed by atoms with van der Waals surface area (Å²) < 4.78 is 5.75. The molecule has 30 heavy (non-hydrogen) atoms. The van der Waals surface area contributed by atoms with E-state index in [1.165, 1.54) is 12.3 Å². The summed E-state index contributed by atoms with van der Waals surface area (Å²) in [5.74, 6) is 0.621. The van der Waals surface area contributed by atoms with E-state index in [9.17, 15) is 20.2 Å². The van der Waals surface area contributed by atoms with Crippen LogP contribution in [0.1, 0.15) is 11.1 Å². The van der Waals surface area contributed by atoms with Gasteiger partial charge < -0.3 is 4.74 Å². The van der Waals surface area contributed by atoms with Crippen LogP contribution < -0.4 is 10.2 Å². The number of benzene rings is 3. The fourth-order valence-corrected chi connectivity index (χ4v) is 2.61. The van der Waals surface area contributed by atoms with E-state index < -0.39 is 15.5 Å². The van der Waals surface area contributed by atoms with E-state index in [1.807, 2.05) is 12.1 Å². The molecule has 152 valence electrons. The van der Waals surface area contributed by atoms with E-state index in [0.29, 0.717) is 22.9 Å². The van der Waals surface area contributed by atoms with Crippen molar-refractivity contribution < 1.29 is 14.6 Å². The topological polar surface area (TPSA) is 120 Å². The van der Waals surface area contributed by atoms with Crippen LogP contribution in [0, 0.1) is 20.2 Å². The molecule has 0 aromatic heterocycles. The number of nitrogens with one attached hydrogen (secondary N) is 1. The summed E-state index contributed by atoms with van der Waals surface area (Å²) in [6.45, 7) is 0.366. The monoisotopic (exact) mass is 426 g/mol. The highest BCUT2D eigenvalue weighted by Crippen LogP contribution is 2.28. The van der Waals surface area contributed by atoms with Crippen LogP contribution in [0.3, 0.4) is 0 Å². The van der Waals surface area contributed by atoms with Crippen LogP contribution in [-0.4, -0.2) is 16.1 Å². The first-order valence-corrected chi connectivity index (χ1v) is 8.99. The molecule has 10 heteroatoms. The number of anilines is 1. The van der Waals surface area contributed by atoms with Crippen molar-refractivity contribution in [2.75, 3.05) is 5.43 Å². The maximum Gasteiger partial charge on any atom is 0.301 e. The number of hydrogen-bond acceptors (Lipinski definition) is 7. The minimum Gasteiger partial charge on any atom is -0.489 e. The zero-order valence-corrected chi connectivity index (χ0v) is 16.2. The summed E-state index contributed by atoms with van der Waals surface area (Å²) in [7, 11) is 0. The van der Waals surface area contributed by atoms with Gasteiger partial charge >= 0.3 is 5.69 Å². The first-order chi connectivity index (χ1) is 14.4. The summed E-state index contributed by atoms with van der Waals surface area (Å²) in [5.41, 5.74) is 3.42. The van der Waals surface area contributed by atoms with Crippen molar-refractivity contribution in [3.8, 4) is 5.75 Å². The van der Waals surface area contributed by atoms with Crippen LogP contribution in [-0.2, 0) is 6.61 Å². The van der Waals surface area contributed by atoms with E-state index in [0.717, 1.165) is 17.7 Å². The molecular formula is C20H15ClN4O5. The van der Waals surface area contributed by atoms with Gasteiger partial charge in [0.1, 0.15) is 18.0 Å². The highest BCUT2D eigenvalue weighted by atomic mass is 35.5. The van der Waals surface area contributed by atoms with Crippen LogP contribution in [0.15, 0.2) is 71.8 Å². The molecular weight excluding hydrogens is 412 g/mol. The number of nitro groups is 2. The molecule has 0 bridgehead atoms. The number of halogens is 1. The van der Waals surface area contributed by atoms with Gasteiger partial charge in [0.15, 0.2) is 0 Å². The lowest BCUT2D eigenvalue weighted by Crippen LogP contribution is -1.99. The quantitative estimate of drug-likeness (QED) is 0.301. The first-order valence-electron chi connectivity index (χ1n) is 8.61. The number of nitrogens with zero attached hydrogens (tertiary/aromatic N) is 3. The molecule has 3 rings (SSSR count). The Morgan fingerprint density at radius 3 is 2.47 bits per heavy atom. The average molecular weight is 427 g/mol. The Morgan fingerprint density at radius 1 is 1.00 bits per heavy atom.